The molecule has 0 saturated heterocycles. The monoisotopic (exact) mass is 338 g/mol. The molecule has 126 valence electrons. The molecule has 0 N–H and O–H groups in total. The molecular weight excluding hydrogens is 320 g/mol. The van der Waals surface area contributed by atoms with Crippen LogP contribution in [0.25, 0.3) is 24.3 Å². The lowest BCUT2D eigenvalue weighted by atomic mass is 10.0. The Hall–Kier alpha value is -3.52. The Labute approximate surface area is 153 Å². The maximum Gasteiger partial charge on any atom is 0.150 e. The van der Waals surface area contributed by atoms with Gasteiger partial charge < -0.3 is 0 Å². The van der Waals surface area contributed by atoms with Crippen LogP contribution in [0.5, 0.6) is 0 Å². The highest BCUT2D eigenvalue weighted by molar-refractivity contribution is 5.88. The van der Waals surface area contributed by atoms with E-state index in [1.54, 1.807) is 12.1 Å². The van der Waals surface area contributed by atoms with E-state index in [2.05, 4.69) is 0 Å². The molecule has 3 aromatic carbocycles. The number of rotatable bonds is 6. The van der Waals surface area contributed by atoms with Crippen LogP contribution in [0.15, 0.2) is 72.8 Å². The summed E-state index contributed by atoms with van der Waals surface area (Å²) in [5.41, 5.74) is 5.16. The van der Waals surface area contributed by atoms with E-state index < -0.39 is 0 Å². The highest BCUT2D eigenvalue weighted by atomic mass is 16.1. The Balaban J connectivity index is 1.91. The van der Waals surface area contributed by atoms with Crippen LogP contribution in [-0.4, -0.2) is 12.6 Å². The molecule has 0 heterocycles. The highest BCUT2D eigenvalue weighted by Crippen LogP contribution is 2.18. The summed E-state index contributed by atoms with van der Waals surface area (Å²) in [5.74, 6) is 0. The first-order chi connectivity index (χ1) is 12.8. The lowest BCUT2D eigenvalue weighted by Gasteiger charge is -2.03. The Kier molecular flexibility index (Phi) is 5.69. The van der Waals surface area contributed by atoms with E-state index >= 15 is 0 Å². The number of benzene rings is 3. The van der Waals surface area contributed by atoms with Gasteiger partial charge in [0.05, 0.1) is 0 Å². The van der Waals surface area contributed by atoms with Crippen LogP contribution in [0, 0.1) is 0 Å². The fourth-order valence-corrected chi connectivity index (χ4v) is 2.71. The van der Waals surface area contributed by atoms with E-state index in [1.165, 1.54) is 0 Å². The molecule has 2 nitrogen and oxygen atoms in total. The van der Waals surface area contributed by atoms with E-state index in [-0.39, 0.29) is 0 Å². The summed E-state index contributed by atoms with van der Waals surface area (Å²) in [6, 6.07) is 22.9. The summed E-state index contributed by atoms with van der Waals surface area (Å²) < 4.78 is 0. The third-order valence-electron chi connectivity index (χ3n) is 4.13. The van der Waals surface area contributed by atoms with Crippen molar-refractivity contribution in [2.24, 2.45) is 0 Å². The van der Waals surface area contributed by atoms with Gasteiger partial charge in [-0.15, -0.1) is 0 Å². The van der Waals surface area contributed by atoms with Gasteiger partial charge in [-0.2, -0.15) is 0 Å². The molecule has 0 aliphatic carbocycles. The minimum Gasteiger partial charge on any atom is -0.298 e. The van der Waals surface area contributed by atoms with Gasteiger partial charge in [0.15, 0.2) is 12.6 Å². The van der Waals surface area contributed by atoms with Crippen LogP contribution in [-0.2, 0) is 0 Å². The predicted octanol–water partition coefficient (Wildman–Crippen LogP) is 5.65. The van der Waals surface area contributed by atoms with Crippen molar-refractivity contribution in [1.29, 1.82) is 0 Å². The summed E-state index contributed by atoms with van der Waals surface area (Å²) in [6.07, 6.45) is 9.59. The molecule has 0 aliphatic rings. The van der Waals surface area contributed by atoms with Gasteiger partial charge >= 0.3 is 0 Å². The van der Waals surface area contributed by atoms with Gasteiger partial charge in [-0.25, -0.2) is 0 Å². The number of hydrogen-bond acceptors (Lipinski definition) is 2. The SMILES string of the molecule is O=Cc1ccccc1C=Cc1ccccc1C=Cc1ccccc1C=O. The molecule has 0 radical (unpaired) electrons. The standard InChI is InChI=1S/C24H18O2/c25-17-23-11-5-3-9-21(23)15-13-19-7-1-2-8-20(19)14-16-22-10-4-6-12-24(22)18-26/h1-18H. The molecule has 0 bridgehead atoms. The van der Waals surface area contributed by atoms with Crippen molar-refractivity contribution in [2.45, 2.75) is 0 Å². The van der Waals surface area contributed by atoms with Crippen molar-refractivity contribution >= 4 is 36.9 Å². The molecule has 26 heavy (non-hydrogen) atoms. The average molecular weight is 338 g/mol. The van der Waals surface area contributed by atoms with Gasteiger partial charge in [0.25, 0.3) is 0 Å². The van der Waals surface area contributed by atoms with Gasteiger partial charge in [0.2, 0.25) is 0 Å². The van der Waals surface area contributed by atoms with E-state index in [0.717, 1.165) is 34.8 Å². The van der Waals surface area contributed by atoms with E-state index in [9.17, 15) is 9.59 Å². The molecule has 3 rings (SSSR count). The molecule has 0 saturated carbocycles. The van der Waals surface area contributed by atoms with Crippen molar-refractivity contribution in [3.8, 4) is 0 Å². The van der Waals surface area contributed by atoms with Crippen molar-refractivity contribution in [3.63, 3.8) is 0 Å². The van der Waals surface area contributed by atoms with Crippen molar-refractivity contribution in [1.82, 2.24) is 0 Å². The van der Waals surface area contributed by atoms with E-state index in [0.29, 0.717) is 11.1 Å². The fourth-order valence-electron chi connectivity index (χ4n) is 2.71. The molecule has 0 atom stereocenters. The van der Waals surface area contributed by atoms with Crippen LogP contribution in [0.4, 0.5) is 0 Å². The normalized spacial score (nSPS) is 11.1. The molecule has 0 unspecified atom stereocenters. The lowest BCUT2D eigenvalue weighted by molar-refractivity contribution is 0.111. The number of carbonyl (C=O) groups is 2. The van der Waals surface area contributed by atoms with E-state index in [1.807, 2.05) is 85.0 Å². The third kappa shape index (κ3) is 4.11. The summed E-state index contributed by atoms with van der Waals surface area (Å²) >= 11 is 0. The molecule has 0 spiro atoms. The second-order valence-corrected chi connectivity index (χ2v) is 5.79. The molecule has 0 fully saturated rings. The van der Waals surface area contributed by atoms with Gasteiger partial charge in [0, 0.05) is 11.1 Å². The van der Waals surface area contributed by atoms with Crippen molar-refractivity contribution < 1.29 is 9.59 Å². The van der Waals surface area contributed by atoms with Crippen LogP contribution in [0.1, 0.15) is 43.0 Å². The van der Waals surface area contributed by atoms with Crippen LogP contribution < -0.4 is 0 Å². The van der Waals surface area contributed by atoms with Gasteiger partial charge in [-0.3, -0.25) is 9.59 Å². The molecule has 2 heteroatoms. The van der Waals surface area contributed by atoms with Gasteiger partial charge in [-0.1, -0.05) is 97.1 Å². The Morgan fingerprint density at radius 2 is 0.615 bits per heavy atom. The molecule has 3 aromatic rings. The summed E-state index contributed by atoms with van der Waals surface area (Å²) in [5, 5.41) is 0. The van der Waals surface area contributed by atoms with Crippen LogP contribution in [0.2, 0.25) is 0 Å². The minimum atomic E-state index is 0.664. The van der Waals surface area contributed by atoms with Crippen LogP contribution >= 0.6 is 0 Å². The highest BCUT2D eigenvalue weighted by Gasteiger charge is 1.99. The molecule has 0 amide bonds. The summed E-state index contributed by atoms with van der Waals surface area (Å²) in [6.45, 7) is 0. The maximum atomic E-state index is 11.2. The van der Waals surface area contributed by atoms with Crippen LogP contribution in [0.3, 0.4) is 0 Å². The summed E-state index contributed by atoms with van der Waals surface area (Å²) in [7, 11) is 0. The predicted molar refractivity (Wildman–Crippen MR) is 108 cm³/mol. The zero-order valence-corrected chi connectivity index (χ0v) is 14.2. The second-order valence-electron chi connectivity index (χ2n) is 5.79. The molecular formula is C24H18O2. The van der Waals surface area contributed by atoms with Crippen molar-refractivity contribution in [2.75, 3.05) is 0 Å². The average Bonchev–Trinajstić information content (AvgIpc) is 2.71. The smallest absolute Gasteiger partial charge is 0.150 e. The Morgan fingerprint density at radius 1 is 0.385 bits per heavy atom. The Morgan fingerprint density at radius 3 is 0.885 bits per heavy atom. The quantitative estimate of drug-likeness (QED) is 0.430. The first-order valence-electron chi connectivity index (χ1n) is 8.35. The lowest BCUT2D eigenvalue weighted by Crippen LogP contribution is -1.86. The minimum absolute atomic E-state index is 0.664. The first-order valence-corrected chi connectivity index (χ1v) is 8.35. The summed E-state index contributed by atoms with van der Waals surface area (Å²) in [4.78, 5) is 22.3. The number of hydrogen-bond donors (Lipinski definition) is 0. The topological polar surface area (TPSA) is 34.1 Å². The number of carbonyl (C=O) groups excluding carboxylic acids is 2. The largest absolute Gasteiger partial charge is 0.298 e. The number of aldehydes is 2. The molecule has 0 aromatic heterocycles. The van der Waals surface area contributed by atoms with Gasteiger partial charge in [0.1, 0.15) is 0 Å². The zero-order chi connectivity index (χ0) is 18.2. The Bertz CT molecular complexity index is 900. The van der Waals surface area contributed by atoms with Crippen molar-refractivity contribution in [3.05, 3.63) is 106 Å². The van der Waals surface area contributed by atoms with E-state index in [4.69, 9.17) is 0 Å². The zero-order valence-electron chi connectivity index (χ0n) is 14.2. The third-order valence-corrected chi connectivity index (χ3v) is 4.13. The fraction of sp³-hybridized carbons (Fsp3) is 0. The maximum absolute atomic E-state index is 11.2. The first kappa shape index (κ1) is 17.3. The molecule has 0 aliphatic heterocycles. The second kappa shape index (κ2) is 8.54. The van der Waals surface area contributed by atoms with Gasteiger partial charge in [-0.05, 0) is 22.3 Å².